The average Bonchev–Trinajstić information content (AvgIpc) is 2.52. The number of methoxy groups -OCH3 is 1. The van der Waals surface area contributed by atoms with E-state index in [9.17, 15) is 18.0 Å². The van der Waals surface area contributed by atoms with Gasteiger partial charge >= 0.3 is 6.18 Å². The first-order valence-corrected chi connectivity index (χ1v) is 6.97. The average molecular weight is 344 g/mol. The van der Waals surface area contributed by atoms with Gasteiger partial charge in [-0.2, -0.15) is 13.2 Å². The number of hydrogen-bond donors (Lipinski definition) is 1. The van der Waals surface area contributed by atoms with E-state index < -0.39 is 17.5 Å². The van der Waals surface area contributed by atoms with Crippen LogP contribution in [-0.4, -0.2) is 19.1 Å². The minimum atomic E-state index is -4.87. The minimum absolute atomic E-state index is 0.393. The Hall–Kier alpha value is -2.21. The summed E-state index contributed by atoms with van der Waals surface area (Å²) in [5.74, 6) is -1.29. The van der Waals surface area contributed by atoms with E-state index in [0.717, 1.165) is 17.7 Å². The van der Waals surface area contributed by atoms with Crippen LogP contribution in [-0.2, 0) is 6.54 Å². The van der Waals surface area contributed by atoms with Gasteiger partial charge < -0.3 is 10.1 Å². The summed E-state index contributed by atoms with van der Waals surface area (Å²) in [5, 5.41) is 3.51. The molecule has 0 unspecified atom stereocenters. The second-order valence-corrected chi connectivity index (χ2v) is 5.13. The number of rotatable bonds is 5. The highest BCUT2D eigenvalue weighted by Gasteiger charge is 2.39. The molecular formula is C16H13ClF3NO2. The van der Waals surface area contributed by atoms with E-state index in [2.05, 4.69) is 5.32 Å². The Kier molecular flexibility index (Phi) is 5.15. The van der Waals surface area contributed by atoms with Crippen LogP contribution in [0.15, 0.2) is 42.5 Å². The van der Waals surface area contributed by atoms with E-state index in [4.69, 9.17) is 16.3 Å². The van der Waals surface area contributed by atoms with Gasteiger partial charge in [0.05, 0.1) is 12.1 Å². The first-order chi connectivity index (χ1) is 10.8. The maximum Gasteiger partial charge on any atom is 0.454 e. The van der Waals surface area contributed by atoms with Gasteiger partial charge in [0, 0.05) is 17.8 Å². The predicted molar refractivity (Wildman–Crippen MR) is 82.2 cm³/mol. The first kappa shape index (κ1) is 17.1. The van der Waals surface area contributed by atoms with Crippen molar-refractivity contribution in [1.29, 1.82) is 0 Å². The summed E-state index contributed by atoms with van der Waals surface area (Å²) in [4.78, 5) is 11.1. The van der Waals surface area contributed by atoms with Crippen LogP contribution in [0.25, 0.3) is 0 Å². The molecule has 0 amide bonds. The molecule has 2 rings (SSSR count). The van der Waals surface area contributed by atoms with Gasteiger partial charge in [-0.15, -0.1) is 0 Å². The zero-order valence-electron chi connectivity index (χ0n) is 12.1. The number of hydrogen-bond acceptors (Lipinski definition) is 3. The zero-order chi connectivity index (χ0) is 17.0. The molecule has 0 atom stereocenters. The molecular weight excluding hydrogens is 331 g/mol. The molecule has 0 bridgehead atoms. The van der Waals surface area contributed by atoms with Gasteiger partial charge in [-0.1, -0.05) is 17.7 Å². The number of carbonyl (C=O) groups is 1. The molecule has 0 heterocycles. The molecule has 7 heteroatoms. The summed E-state index contributed by atoms with van der Waals surface area (Å²) < 4.78 is 42.0. The number of anilines is 1. The van der Waals surface area contributed by atoms with E-state index in [1.165, 1.54) is 19.2 Å². The Morgan fingerprint density at radius 2 is 1.83 bits per heavy atom. The van der Waals surface area contributed by atoms with E-state index in [-0.39, 0.29) is 0 Å². The molecule has 122 valence electrons. The van der Waals surface area contributed by atoms with E-state index in [0.29, 0.717) is 23.0 Å². The summed E-state index contributed by atoms with van der Waals surface area (Å²) in [6.45, 7) is 0.427. The van der Waals surface area contributed by atoms with Gasteiger partial charge in [0.25, 0.3) is 5.78 Å². The molecule has 0 aliphatic carbocycles. The van der Waals surface area contributed by atoms with E-state index in [1.54, 1.807) is 12.1 Å². The first-order valence-electron chi connectivity index (χ1n) is 6.59. The zero-order valence-corrected chi connectivity index (χ0v) is 12.8. The summed E-state index contributed by atoms with van der Waals surface area (Å²) in [6, 6.07) is 10.4. The molecule has 0 radical (unpaired) electrons. The summed E-state index contributed by atoms with van der Waals surface area (Å²) in [5.41, 5.74) is 1.08. The highest BCUT2D eigenvalue weighted by molar-refractivity contribution is 6.32. The quantitative estimate of drug-likeness (QED) is 0.799. The van der Waals surface area contributed by atoms with Gasteiger partial charge in [-0.3, -0.25) is 4.79 Å². The number of halogens is 4. The number of carbonyl (C=O) groups excluding carboxylic acids is 1. The Labute approximate surface area is 136 Å². The molecule has 0 fully saturated rings. The lowest BCUT2D eigenvalue weighted by molar-refractivity contribution is -0.0885. The van der Waals surface area contributed by atoms with Crippen molar-refractivity contribution in [3.05, 3.63) is 58.6 Å². The van der Waals surface area contributed by atoms with Crippen molar-refractivity contribution in [2.45, 2.75) is 12.7 Å². The fraction of sp³-hybridized carbons (Fsp3) is 0.188. The van der Waals surface area contributed by atoms with Gasteiger partial charge in [0.1, 0.15) is 5.75 Å². The van der Waals surface area contributed by atoms with Crippen LogP contribution >= 0.6 is 11.6 Å². The molecule has 1 N–H and O–H groups in total. The number of ether oxygens (including phenoxy) is 1. The van der Waals surface area contributed by atoms with Crippen LogP contribution in [0.3, 0.4) is 0 Å². The van der Waals surface area contributed by atoms with Gasteiger partial charge in [-0.25, -0.2) is 0 Å². The van der Waals surface area contributed by atoms with Crippen molar-refractivity contribution in [1.82, 2.24) is 0 Å². The molecule has 0 aromatic heterocycles. The molecule has 0 spiro atoms. The maximum atomic E-state index is 12.3. The standard InChI is InChI=1S/C16H13ClF3NO2/c1-23-14-7-2-10(8-13(14)17)9-21-12-5-3-11(4-6-12)15(22)16(18,19)20/h2-8,21H,9H2,1H3. The molecule has 3 nitrogen and oxygen atoms in total. The minimum Gasteiger partial charge on any atom is -0.495 e. The smallest absolute Gasteiger partial charge is 0.454 e. The Morgan fingerprint density at radius 1 is 1.17 bits per heavy atom. The van der Waals surface area contributed by atoms with E-state index in [1.807, 2.05) is 6.07 Å². The molecule has 2 aromatic rings. The number of Topliss-reactive ketones (excluding diaryl/α,β-unsaturated/α-hetero) is 1. The van der Waals surface area contributed by atoms with Crippen LogP contribution < -0.4 is 10.1 Å². The Morgan fingerprint density at radius 3 is 2.35 bits per heavy atom. The van der Waals surface area contributed by atoms with E-state index >= 15 is 0 Å². The second-order valence-electron chi connectivity index (χ2n) is 4.73. The summed E-state index contributed by atoms with van der Waals surface area (Å²) in [6.07, 6.45) is -4.87. The normalized spacial score (nSPS) is 11.2. The third-order valence-corrected chi connectivity index (χ3v) is 3.41. The third-order valence-electron chi connectivity index (χ3n) is 3.12. The fourth-order valence-electron chi connectivity index (χ4n) is 1.93. The lowest BCUT2D eigenvalue weighted by atomic mass is 10.1. The van der Waals surface area contributed by atoms with Crippen molar-refractivity contribution in [2.24, 2.45) is 0 Å². The van der Waals surface area contributed by atoms with Crippen LogP contribution in [0.5, 0.6) is 5.75 Å². The molecule has 0 saturated carbocycles. The van der Waals surface area contributed by atoms with Crippen LogP contribution in [0.1, 0.15) is 15.9 Å². The number of alkyl halides is 3. The highest BCUT2D eigenvalue weighted by atomic mass is 35.5. The SMILES string of the molecule is COc1ccc(CNc2ccc(C(=O)C(F)(F)F)cc2)cc1Cl. The van der Waals surface area contributed by atoms with Crippen LogP contribution in [0.2, 0.25) is 5.02 Å². The maximum absolute atomic E-state index is 12.3. The van der Waals surface area contributed by atoms with Gasteiger partial charge in [0.15, 0.2) is 0 Å². The molecule has 0 aliphatic rings. The second kappa shape index (κ2) is 6.91. The predicted octanol–water partition coefficient (Wildman–Crippen LogP) is 4.71. The van der Waals surface area contributed by atoms with Gasteiger partial charge in [-0.05, 0) is 42.0 Å². The number of benzene rings is 2. The highest BCUT2D eigenvalue weighted by Crippen LogP contribution is 2.26. The van der Waals surface area contributed by atoms with Gasteiger partial charge in [0.2, 0.25) is 0 Å². The van der Waals surface area contributed by atoms with Crippen molar-refractivity contribution in [3.63, 3.8) is 0 Å². The summed E-state index contributed by atoms with van der Waals surface area (Å²) >= 11 is 6.01. The van der Waals surface area contributed by atoms with Crippen LogP contribution in [0.4, 0.5) is 18.9 Å². The summed E-state index contributed by atoms with van der Waals surface area (Å²) in [7, 11) is 1.52. The lowest BCUT2D eigenvalue weighted by Gasteiger charge is -2.10. The van der Waals surface area contributed by atoms with Crippen molar-refractivity contribution >= 4 is 23.1 Å². The Bertz CT molecular complexity index is 699. The molecule has 23 heavy (non-hydrogen) atoms. The van der Waals surface area contributed by atoms with Crippen molar-refractivity contribution in [3.8, 4) is 5.75 Å². The van der Waals surface area contributed by atoms with Crippen LogP contribution in [0, 0.1) is 0 Å². The topological polar surface area (TPSA) is 38.3 Å². The fourth-order valence-corrected chi connectivity index (χ4v) is 2.21. The third kappa shape index (κ3) is 4.39. The molecule has 0 saturated heterocycles. The monoisotopic (exact) mass is 343 g/mol. The Balaban J connectivity index is 2.02. The van der Waals surface area contributed by atoms with Crippen molar-refractivity contribution < 1.29 is 22.7 Å². The van der Waals surface area contributed by atoms with Crippen molar-refractivity contribution in [2.75, 3.05) is 12.4 Å². The lowest BCUT2D eigenvalue weighted by Crippen LogP contribution is -2.22. The number of nitrogens with one attached hydrogen (secondary N) is 1. The number of ketones is 1. The molecule has 2 aromatic carbocycles. The largest absolute Gasteiger partial charge is 0.495 e. The molecule has 0 aliphatic heterocycles.